The molecule has 4 nitrogen and oxygen atoms in total. The van der Waals surface area contributed by atoms with Crippen LogP contribution in [0.15, 0.2) is 28.9 Å². The normalized spacial score (nSPS) is 10.8. The van der Waals surface area contributed by atoms with Crippen LogP contribution in [0.5, 0.6) is 0 Å². The molecule has 0 radical (unpaired) electrons. The van der Waals surface area contributed by atoms with Crippen molar-refractivity contribution in [3.05, 3.63) is 35.0 Å². The maximum Gasteiger partial charge on any atom is 0.226 e. The van der Waals surface area contributed by atoms with Crippen LogP contribution in [0.25, 0.3) is 11.0 Å². The number of hydrogen-bond donors (Lipinski definition) is 1. The van der Waals surface area contributed by atoms with Crippen LogP contribution in [0.1, 0.15) is 5.56 Å². The Hall–Kier alpha value is -1.52. The lowest BCUT2D eigenvalue weighted by atomic mass is 10.1. The molecule has 2 rings (SSSR count). The molecule has 0 spiro atoms. The summed E-state index contributed by atoms with van der Waals surface area (Å²) >= 11 is 5.93. The second-order valence-electron chi connectivity index (χ2n) is 4.12. The highest BCUT2D eigenvalue weighted by Crippen LogP contribution is 2.25. The van der Waals surface area contributed by atoms with E-state index in [1.165, 1.54) is 4.90 Å². The predicted molar refractivity (Wildman–Crippen MR) is 69.7 cm³/mol. The fourth-order valence-electron chi connectivity index (χ4n) is 1.76. The number of carbonyl (C=O) groups excluding carboxylic acids is 1. The zero-order valence-electron chi connectivity index (χ0n) is 10.0. The smallest absolute Gasteiger partial charge is 0.226 e. The van der Waals surface area contributed by atoms with Crippen molar-refractivity contribution in [1.29, 1.82) is 0 Å². The van der Waals surface area contributed by atoms with E-state index in [0.717, 1.165) is 10.9 Å². The Kier molecular flexibility index (Phi) is 3.89. The molecule has 0 saturated carbocycles. The van der Waals surface area contributed by atoms with Gasteiger partial charge in [-0.25, -0.2) is 0 Å². The first-order valence-electron chi connectivity index (χ1n) is 5.62. The molecule has 1 heterocycles. The average Bonchev–Trinajstić information content (AvgIpc) is 2.72. The molecule has 1 amide bonds. The molecule has 2 aromatic rings. The molecule has 0 fully saturated rings. The molecule has 0 aliphatic carbocycles. The van der Waals surface area contributed by atoms with Crippen LogP contribution in [-0.2, 0) is 11.2 Å². The fourth-order valence-corrected chi connectivity index (χ4v) is 1.94. The molecule has 96 valence electrons. The van der Waals surface area contributed by atoms with Gasteiger partial charge >= 0.3 is 0 Å². The van der Waals surface area contributed by atoms with Crippen molar-refractivity contribution in [3.63, 3.8) is 0 Å². The van der Waals surface area contributed by atoms with E-state index in [2.05, 4.69) is 0 Å². The van der Waals surface area contributed by atoms with Crippen molar-refractivity contribution in [3.8, 4) is 0 Å². The highest BCUT2D eigenvalue weighted by molar-refractivity contribution is 6.31. The van der Waals surface area contributed by atoms with Gasteiger partial charge in [-0.15, -0.1) is 0 Å². The lowest BCUT2D eigenvalue weighted by molar-refractivity contribution is -0.129. The van der Waals surface area contributed by atoms with E-state index in [1.807, 2.05) is 0 Å². The summed E-state index contributed by atoms with van der Waals surface area (Å²) in [5.41, 5.74) is 1.52. The molecule has 0 unspecified atom stereocenters. The van der Waals surface area contributed by atoms with Crippen molar-refractivity contribution in [2.75, 3.05) is 20.2 Å². The number of halogens is 1. The Balaban J connectivity index is 2.21. The lowest BCUT2D eigenvalue weighted by Crippen LogP contribution is -2.30. The molecular weight excluding hydrogens is 254 g/mol. The van der Waals surface area contributed by atoms with Gasteiger partial charge in [0.1, 0.15) is 5.58 Å². The van der Waals surface area contributed by atoms with Crippen molar-refractivity contribution in [2.24, 2.45) is 0 Å². The van der Waals surface area contributed by atoms with Gasteiger partial charge < -0.3 is 14.4 Å². The molecule has 1 aromatic heterocycles. The molecule has 0 atom stereocenters. The monoisotopic (exact) mass is 267 g/mol. The van der Waals surface area contributed by atoms with Crippen LogP contribution < -0.4 is 0 Å². The summed E-state index contributed by atoms with van der Waals surface area (Å²) in [6.45, 7) is 0.287. The Bertz CT molecular complexity index is 564. The molecule has 0 aliphatic rings. The van der Waals surface area contributed by atoms with E-state index in [1.54, 1.807) is 31.5 Å². The first-order chi connectivity index (χ1) is 8.61. The van der Waals surface area contributed by atoms with E-state index < -0.39 is 0 Å². The number of rotatable bonds is 4. The van der Waals surface area contributed by atoms with Crippen LogP contribution in [0, 0.1) is 0 Å². The molecule has 1 N–H and O–H groups in total. The number of aliphatic hydroxyl groups excluding tert-OH is 1. The third kappa shape index (κ3) is 2.66. The molecular formula is C13H14ClNO3. The first kappa shape index (κ1) is 12.9. The maximum absolute atomic E-state index is 11.9. The Morgan fingerprint density at radius 1 is 1.50 bits per heavy atom. The van der Waals surface area contributed by atoms with E-state index in [9.17, 15) is 4.79 Å². The first-order valence-corrected chi connectivity index (χ1v) is 6.00. The second-order valence-corrected chi connectivity index (χ2v) is 4.55. The SMILES string of the molecule is CN(CCO)C(=O)Cc1coc2ccc(Cl)cc12. The van der Waals surface area contributed by atoms with Crippen molar-refractivity contribution in [2.45, 2.75) is 6.42 Å². The summed E-state index contributed by atoms with van der Waals surface area (Å²) < 4.78 is 5.37. The molecule has 0 saturated heterocycles. The number of hydrogen-bond acceptors (Lipinski definition) is 3. The van der Waals surface area contributed by atoms with Gasteiger partial charge in [-0.05, 0) is 18.2 Å². The van der Waals surface area contributed by atoms with Crippen LogP contribution >= 0.6 is 11.6 Å². The number of carbonyl (C=O) groups is 1. The van der Waals surface area contributed by atoms with E-state index >= 15 is 0 Å². The fraction of sp³-hybridized carbons (Fsp3) is 0.308. The summed E-state index contributed by atoms with van der Waals surface area (Å²) in [5.74, 6) is -0.0632. The topological polar surface area (TPSA) is 53.7 Å². The number of likely N-dealkylation sites (N-methyl/N-ethyl adjacent to an activating group) is 1. The second kappa shape index (κ2) is 5.42. The molecule has 1 aromatic carbocycles. The molecule has 0 bridgehead atoms. The zero-order valence-corrected chi connectivity index (χ0v) is 10.8. The van der Waals surface area contributed by atoms with Gasteiger partial charge in [-0.2, -0.15) is 0 Å². The van der Waals surface area contributed by atoms with Crippen LogP contribution in [-0.4, -0.2) is 36.1 Å². The number of aliphatic hydroxyl groups is 1. The number of amides is 1. The van der Waals surface area contributed by atoms with Crippen LogP contribution in [0.2, 0.25) is 5.02 Å². The van der Waals surface area contributed by atoms with Gasteiger partial charge in [0.15, 0.2) is 0 Å². The molecule has 18 heavy (non-hydrogen) atoms. The minimum Gasteiger partial charge on any atom is -0.464 e. The number of furan rings is 1. The summed E-state index contributed by atoms with van der Waals surface area (Å²) in [5, 5.41) is 10.3. The van der Waals surface area contributed by atoms with Gasteiger partial charge in [-0.1, -0.05) is 11.6 Å². The largest absolute Gasteiger partial charge is 0.464 e. The highest BCUT2D eigenvalue weighted by atomic mass is 35.5. The van der Waals surface area contributed by atoms with Crippen molar-refractivity contribution < 1.29 is 14.3 Å². The summed E-state index contributed by atoms with van der Waals surface area (Å²) in [6.07, 6.45) is 1.82. The Labute approximate surface area is 110 Å². The maximum atomic E-state index is 11.9. The van der Waals surface area contributed by atoms with Crippen LogP contribution in [0.4, 0.5) is 0 Å². The Morgan fingerprint density at radius 3 is 3.00 bits per heavy atom. The van der Waals surface area contributed by atoms with E-state index in [4.69, 9.17) is 21.1 Å². The van der Waals surface area contributed by atoms with E-state index in [-0.39, 0.29) is 18.9 Å². The minimum atomic E-state index is -0.0632. The molecule has 0 aliphatic heterocycles. The zero-order chi connectivity index (χ0) is 13.1. The predicted octanol–water partition coefficient (Wildman–Crippen LogP) is 2.08. The highest BCUT2D eigenvalue weighted by Gasteiger charge is 2.13. The lowest BCUT2D eigenvalue weighted by Gasteiger charge is -2.14. The number of nitrogens with zero attached hydrogens (tertiary/aromatic N) is 1. The summed E-state index contributed by atoms with van der Waals surface area (Å²) in [7, 11) is 1.66. The third-order valence-corrected chi connectivity index (χ3v) is 3.05. The standard InChI is InChI=1S/C13H14ClNO3/c1-15(4-5-16)13(17)6-9-8-18-12-3-2-10(14)7-11(9)12/h2-3,7-8,16H,4-6H2,1H3. The van der Waals surface area contributed by atoms with Gasteiger partial charge in [0, 0.05) is 29.6 Å². The summed E-state index contributed by atoms with van der Waals surface area (Å²) in [4.78, 5) is 13.4. The molecule has 5 heteroatoms. The van der Waals surface area contributed by atoms with Gasteiger partial charge in [0.05, 0.1) is 19.3 Å². The van der Waals surface area contributed by atoms with Crippen LogP contribution in [0.3, 0.4) is 0 Å². The van der Waals surface area contributed by atoms with E-state index in [0.29, 0.717) is 17.2 Å². The van der Waals surface area contributed by atoms with Crippen molar-refractivity contribution in [1.82, 2.24) is 4.90 Å². The average molecular weight is 268 g/mol. The van der Waals surface area contributed by atoms with Gasteiger partial charge in [-0.3, -0.25) is 4.79 Å². The third-order valence-electron chi connectivity index (χ3n) is 2.82. The van der Waals surface area contributed by atoms with Gasteiger partial charge in [0.25, 0.3) is 0 Å². The van der Waals surface area contributed by atoms with Crippen molar-refractivity contribution >= 4 is 28.5 Å². The number of benzene rings is 1. The minimum absolute atomic E-state index is 0.0415. The van der Waals surface area contributed by atoms with Gasteiger partial charge in [0.2, 0.25) is 5.91 Å². The summed E-state index contributed by atoms with van der Waals surface area (Å²) in [6, 6.07) is 5.31. The quantitative estimate of drug-likeness (QED) is 0.923. The number of fused-ring (bicyclic) bond motifs is 1. The Morgan fingerprint density at radius 2 is 2.28 bits per heavy atom.